The van der Waals surface area contributed by atoms with E-state index in [1.807, 2.05) is 0 Å². The zero-order valence-electron chi connectivity index (χ0n) is 5.39. The number of halogens is 1. The summed E-state index contributed by atoms with van der Waals surface area (Å²) >= 11 is 3.12. The molecule has 0 aliphatic carbocycles. The Bertz CT molecular complexity index is 195. The third kappa shape index (κ3) is 1.55. The van der Waals surface area contributed by atoms with E-state index in [0.29, 0.717) is 10.7 Å². The summed E-state index contributed by atoms with van der Waals surface area (Å²) < 4.78 is 5.15. The van der Waals surface area contributed by atoms with Gasteiger partial charge in [-0.15, -0.1) is 0 Å². The summed E-state index contributed by atoms with van der Waals surface area (Å²) in [6.45, 7) is 4.12. The van der Waals surface area contributed by atoms with Crippen molar-refractivity contribution in [3.05, 3.63) is 16.8 Å². The highest BCUT2D eigenvalue weighted by molar-refractivity contribution is 9.10. The molecule has 0 aromatic carbocycles. The second-order valence-corrected chi connectivity index (χ2v) is 2.85. The van der Waals surface area contributed by atoms with Crippen LogP contribution in [0.4, 0.5) is 0 Å². The average molecular weight is 190 g/mol. The summed E-state index contributed by atoms with van der Waals surface area (Å²) in [6.07, 6.45) is 1.73. The van der Waals surface area contributed by atoms with E-state index in [-0.39, 0.29) is 0 Å². The van der Waals surface area contributed by atoms with Gasteiger partial charge in [0.2, 0.25) is 0 Å². The molecule has 0 radical (unpaired) electrons. The molecule has 0 atom stereocenters. The van der Waals surface area contributed by atoms with Crippen molar-refractivity contribution in [2.45, 2.75) is 19.8 Å². The Morgan fingerprint density at radius 3 is 2.56 bits per heavy atom. The van der Waals surface area contributed by atoms with Gasteiger partial charge in [-0.1, -0.05) is 13.8 Å². The fourth-order valence-electron chi connectivity index (χ4n) is 0.531. The molecule has 9 heavy (non-hydrogen) atoms. The number of hydrogen-bond donors (Lipinski definition) is 0. The van der Waals surface area contributed by atoms with Crippen LogP contribution in [0.2, 0.25) is 0 Å². The molecule has 0 saturated carbocycles. The highest BCUT2D eigenvalue weighted by Gasteiger charge is 2.03. The van der Waals surface area contributed by atoms with E-state index in [2.05, 4.69) is 34.8 Å². The first-order valence-corrected chi connectivity index (χ1v) is 3.60. The predicted octanol–water partition coefficient (Wildman–Crippen LogP) is 2.56. The van der Waals surface area contributed by atoms with Gasteiger partial charge in [-0.2, -0.15) is 0 Å². The molecule has 3 heteroatoms. The van der Waals surface area contributed by atoms with Crippen molar-refractivity contribution in [1.82, 2.24) is 4.98 Å². The molecule has 0 aliphatic heterocycles. The summed E-state index contributed by atoms with van der Waals surface area (Å²) in [4.78, 5) is 4.45. The van der Waals surface area contributed by atoms with Crippen molar-refractivity contribution in [2.24, 2.45) is 0 Å². The van der Waals surface area contributed by atoms with E-state index in [9.17, 15) is 0 Å². The molecule has 0 bridgehead atoms. The van der Waals surface area contributed by atoms with Crippen molar-refractivity contribution in [3.63, 3.8) is 0 Å². The van der Waals surface area contributed by atoms with Gasteiger partial charge in [0.15, 0.2) is 0 Å². The Hall–Kier alpha value is -0.310. The summed E-state index contributed by atoms with van der Waals surface area (Å²) in [6, 6.07) is 0. The smallest absolute Gasteiger partial charge is 0.264 e. The van der Waals surface area contributed by atoms with Crippen LogP contribution in [-0.2, 0) is 0 Å². The van der Waals surface area contributed by atoms with Crippen LogP contribution in [0.25, 0.3) is 0 Å². The van der Waals surface area contributed by atoms with Gasteiger partial charge < -0.3 is 4.42 Å². The van der Waals surface area contributed by atoms with Gasteiger partial charge in [0, 0.05) is 21.8 Å². The van der Waals surface area contributed by atoms with Crippen LogP contribution in [0.5, 0.6) is 0 Å². The lowest BCUT2D eigenvalue weighted by atomic mass is 10.2. The summed E-state index contributed by atoms with van der Waals surface area (Å²) in [5.41, 5.74) is 0. The Kier molecular flexibility index (Phi) is 1.90. The predicted molar refractivity (Wildman–Crippen MR) is 38.3 cm³/mol. The van der Waals surface area contributed by atoms with E-state index >= 15 is 0 Å². The normalized spacial score (nSPS) is 10.7. The van der Waals surface area contributed by atoms with Crippen molar-refractivity contribution >= 4 is 15.9 Å². The highest BCUT2D eigenvalue weighted by atomic mass is 79.9. The molecule has 0 fully saturated rings. The maximum atomic E-state index is 5.15. The minimum atomic E-state index is 0.420. The second-order valence-electron chi connectivity index (χ2n) is 2.17. The Morgan fingerprint density at radius 1 is 1.67 bits per heavy atom. The zero-order chi connectivity index (χ0) is 6.85. The quantitative estimate of drug-likeness (QED) is 0.680. The van der Waals surface area contributed by atoms with E-state index in [1.165, 1.54) is 0 Å². The van der Waals surface area contributed by atoms with Crippen LogP contribution in [-0.4, -0.2) is 4.98 Å². The number of oxazole rings is 1. The number of rotatable bonds is 1. The van der Waals surface area contributed by atoms with Crippen molar-refractivity contribution in [3.8, 4) is 0 Å². The van der Waals surface area contributed by atoms with E-state index in [0.717, 1.165) is 5.76 Å². The van der Waals surface area contributed by atoms with Crippen molar-refractivity contribution in [2.75, 3.05) is 0 Å². The summed E-state index contributed by atoms with van der Waals surface area (Å²) in [5, 5.41) is 0. The standard InChI is InChI=1S/C6H8BrNO/c1-4(2)5-3-8-6(7)9-5/h3-4H,1-2H3. The van der Waals surface area contributed by atoms with E-state index in [4.69, 9.17) is 4.42 Å². The molecule has 0 spiro atoms. The molecular weight excluding hydrogens is 182 g/mol. The molecule has 0 N–H and O–H groups in total. The van der Waals surface area contributed by atoms with Crippen LogP contribution < -0.4 is 0 Å². The Morgan fingerprint density at radius 2 is 2.33 bits per heavy atom. The van der Waals surface area contributed by atoms with Gasteiger partial charge in [-0.05, 0) is 0 Å². The van der Waals surface area contributed by atoms with Crippen LogP contribution in [0.3, 0.4) is 0 Å². The zero-order valence-corrected chi connectivity index (χ0v) is 6.97. The first-order chi connectivity index (χ1) is 4.20. The number of aromatic nitrogens is 1. The fraction of sp³-hybridized carbons (Fsp3) is 0.500. The van der Waals surface area contributed by atoms with Crippen LogP contribution in [0.15, 0.2) is 15.4 Å². The monoisotopic (exact) mass is 189 g/mol. The van der Waals surface area contributed by atoms with Crippen LogP contribution in [0.1, 0.15) is 25.5 Å². The summed E-state index contributed by atoms with van der Waals surface area (Å²) in [5.74, 6) is 1.34. The molecule has 0 aliphatic rings. The molecular formula is C6H8BrNO. The molecule has 1 rings (SSSR count). The van der Waals surface area contributed by atoms with Gasteiger partial charge >= 0.3 is 0 Å². The first-order valence-electron chi connectivity index (χ1n) is 2.81. The SMILES string of the molecule is CC(C)c1cnc(Br)o1. The lowest BCUT2D eigenvalue weighted by molar-refractivity contribution is 0.461. The molecule has 2 nitrogen and oxygen atoms in total. The molecule has 1 aromatic heterocycles. The minimum Gasteiger partial charge on any atom is -0.436 e. The molecule has 0 amide bonds. The molecule has 0 saturated heterocycles. The first kappa shape index (κ1) is 6.81. The Balaban J connectivity index is 2.85. The van der Waals surface area contributed by atoms with E-state index < -0.39 is 0 Å². The van der Waals surface area contributed by atoms with Gasteiger partial charge in [0.1, 0.15) is 5.76 Å². The van der Waals surface area contributed by atoms with Gasteiger partial charge in [0.25, 0.3) is 4.80 Å². The lowest BCUT2D eigenvalue weighted by Crippen LogP contribution is -1.79. The average Bonchev–Trinajstić information content (AvgIpc) is 2.14. The van der Waals surface area contributed by atoms with Crippen LogP contribution in [0, 0.1) is 0 Å². The van der Waals surface area contributed by atoms with Gasteiger partial charge in [0.05, 0.1) is 6.20 Å². The van der Waals surface area contributed by atoms with Gasteiger partial charge in [-0.25, -0.2) is 4.98 Å². The number of hydrogen-bond acceptors (Lipinski definition) is 2. The van der Waals surface area contributed by atoms with Crippen molar-refractivity contribution in [1.29, 1.82) is 0 Å². The fourth-order valence-corrected chi connectivity index (χ4v) is 0.821. The highest BCUT2D eigenvalue weighted by Crippen LogP contribution is 2.17. The third-order valence-electron chi connectivity index (χ3n) is 1.06. The van der Waals surface area contributed by atoms with Crippen LogP contribution >= 0.6 is 15.9 Å². The van der Waals surface area contributed by atoms with E-state index in [1.54, 1.807) is 6.20 Å². The third-order valence-corrected chi connectivity index (χ3v) is 1.43. The molecule has 1 aromatic rings. The molecule has 50 valence electrons. The minimum absolute atomic E-state index is 0.420. The topological polar surface area (TPSA) is 26.0 Å². The maximum absolute atomic E-state index is 5.15. The molecule has 0 unspecified atom stereocenters. The maximum Gasteiger partial charge on any atom is 0.264 e. The van der Waals surface area contributed by atoms with Crippen molar-refractivity contribution < 1.29 is 4.42 Å². The lowest BCUT2D eigenvalue weighted by Gasteiger charge is -1.94. The largest absolute Gasteiger partial charge is 0.436 e. The van der Waals surface area contributed by atoms with Gasteiger partial charge in [-0.3, -0.25) is 0 Å². The molecule has 1 heterocycles. The summed E-state index contributed by atoms with van der Waals surface area (Å²) in [7, 11) is 0. The second kappa shape index (κ2) is 2.52. The number of nitrogens with zero attached hydrogens (tertiary/aromatic N) is 1. The Labute approximate surface area is 62.4 Å².